The number of benzene rings is 2. The Morgan fingerprint density at radius 1 is 0.913 bits per heavy atom. The van der Waals surface area contributed by atoms with Gasteiger partial charge in [-0.25, -0.2) is 0 Å². The van der Waals surface area contributed by atoms with Crippen molar-refractivity contribution in [3.8, 4) is 0 Å². The Morgan fingerprint density at radius 2 is 1.43 bits per heavy atom. The van der Waals surface area contributed by atoms with Crippen molar-refractivity contribution in [2.24, 2.45) is 5.73 Å². The van der Waals surface area contributed by atoms with Crippen molar-refractivity contribution in [3.63, 3.8) is 0 Å². The first-order chi connectivity index (χ1) is 11.1. The monoisotopic (exact) mass is 311 g/mol. The van der Waals surface area contributed by atoms with Crippen LogP contribution in [0.4, 0.5) is 0 Å². The number of hydrogen-bond acceptors (Lipinski definition) is 4. The Morgan fingerprint density at radius 3 is 1.91 bits per heavy atom. The lowest BCUT2D eigenvalue weighted by molar-refractivity contribution is -0.141. The van der Waals surface area contributed by atoms with Crippen molar-refractivity contribution >= 4 is 11.8 Å². The largest absolute Gasteiger partial charge is 0.466 e. The molecule has 2 N–H and O–H groups in total. The number of nitrogens with two attached hydrogens (primary N) is 1. The first-order valence-corrected chi connectivity index (χ1v) is 7.66. The Balaban J connectivity index is 1.95. The van der Waals surface area contributed by atoms with Crippen molar-refractivity contribution < 1.29 is 14.3 Å². The van der Waals surface area contributed by atoms with Crippen molar-refractivity contribution in [3.05, 3.63) is 70.8 Å². The lowest BCUT2D eigenvalue weighted by Gasteiger charge is -2.05. The Bertz CT molecular complexity index is 660. The van der Waals surface area contributed by atoms with Gasteiger partial charge in [-0.15, -0.1) is 0 Å². The number of carbonyl (C=O) groups is 2. The summed E-state index contributed by atoms with van der Waals surface area (Å²) >= 11 is 0. The molecule has 0 aliphatic carbocycles. The fraction of sp³-hybridized carbons (Fsp3) is 0.263. The number of carbonyl (C=O) groups excluding carboxylic acids is 2. The van der Waals surface area contributed by atoms with Gasteiger partial charge in [-0.1, -0.05) is 48.5 Å². The van der Waals surface area contributed by atoms with Gasteiger partial charge in [-0.2, -0.15) is 0 Å². The maximum Gasteiger partial charge on any atom is 0.302 e. The van der Waals surface area contributed by atoms with Gasteiger partial charge in [0, 0.05) is 24.6 Å². The third-order valence-electron chi connectivity index (χ3n) is 3.58. The maximum absolute atomic E-state index is 12.4. The number of aryl methyl sites for hydroxylation is 1. The van der Waals surface area contributed by atoms with Crippen LogP contribution in [0.15, 0.2) is 48.5 Å². The van der Waals surface area contributed by atoms with Crippen LogP contribution in [0, 0.1) is 0 Å². The van der Waals surface area contributed by atoms with E-state index in [1.165, 1.54) is 6.92 Å². The van der Waals surface area contributed by atoms with Crippen LogP contribution in [0.3, 0.4) is 0 Å². The second-order valence-corrected chi connectivity index (χ2v) is 5.37. The summed E-state index contributed by atoms with van der Waals surface area (Å²) in [5, 5.41) is 0. The molecule has 4 heteroatoms. The van der Waals surface area contributed by atoms with Gasteiger partial charge in [0.25, 0.3) is 0 Å². The Labute approximate surface area is 136 Å². The smallest absolute Gasteiger partial charge is 0.302 e. The van der Waals surface area contributed by atoms with Crippen LogP contribution in [-0.2, 0) is 22.5 Å². The normalized spacial score (nSPS) is 10.3. The maximum atomic E-state index is 12.4. The summed E-state index contributed by atoms with van der Waals surface area (Å²) < 4.78 is 4.90. The molecule has 2 aromatic carbocycles. The molecule has 0 amide bonds. The van der Waals surface area contributed by atoms with Gasteiger partial charge < -0.3 is 10.5 Å². The summed E-state index contributed by atoms with van der Waals surface area (Å²) in [5.41, 5.74) is 9.00. The third-order valence-corrected chi connectivity index (χ3v) is 3.58. The lowest BCUT2D eigenvalue weighted by atomic mass is 10.00. The zero-order chi connectivity index (χ0) is 16.7. The van der Waals surface area contributed by atoms with Crippen LogP contribution in [0.5, 0.6) is 0 Å². The molecular weight excluding hydrogens is 290 g/mol. The lowest BCUT2D eigenvalue weighted by Crippen LogP contribution is -2.03. The summed E-state index contributed by atoms with van der Waals surface area (Å²) in [5.74, 6) is -0.258. The topological polar surface area (TPSA) is 69.4 Å². The number of esters is 1. The van der Waals surface area contributed by atoms with Crippen LogP contribution < -0.4 is 5.73 Å². The zero-order valence-corrected chi connectivity index (χ0v) is 13.2. The molecule has 120 valence electrons. The molecule has 0 aromatic heterocycles. The van der Waals surface area contributed by atoms with E-state index in [0.29, 0.717) is 24.3 Å². The van der Waals surface area contributed by atoms with Crippen molar-refractivity contribution in [2.75, 3.05) is 6.61 Å². The highest BCUT2D eigenvalue weighted by atomic mass is 16.5. The molecule has 0 radical (unpaired) electrons. The predicted octanol–water partition coefficient (Wildman–Crippen LogP) is 2.87. The SMILES string of the molecule is CC(=O)OCCCc1ccc(C(=O)c2ccc(CN)cc2)cc1. The minimum atomic E-state index is -0.258. The predicted molar refractivity (Wildman–Crippen MR) is 89.2 cm³/mol. The highest BCUT2D eigenvalue weighted by Gasteiger charge is 2.08. The molecule has 0 saturated carbocycles. The first kappa shape index (κ1) is 16.9. The summed E-state index contributed by atoms with van der Waals surface area (Å²) in [6.07, 6.45) is 1.58. The van der Waals surface area contributed by atoms with E-state index in [0.717, 1.165) is 24.0 Å². The molecule has 0 bridgehead atoms. The number of ketones is 1. The minimum absolute atomic E-state index is 0.0000319. The summed E-state index contributed by atoms with van der Waals surface area (Å²) in [6.45, 7) is 2.29. The van der Waals surface area contributed by atoms with Crippen LogP contribution in [0.1, 0.15) is 40.4 Å². The standard InChI is InChI=1S/C19H21NO3/c1-14(21)23-12-2-3-15-4-8-17(9-5-15)19(22)18-10-6-16(13-20)7-11-18/h4-11H,2-3,12-13,20H2,1H3. The second-order valence-electron chi connectivity index (χ2n) is 5.37. The fourth-order valence-corrected chi connectivity index (χ4v) is 2.27. The van der Waals surface area contributed by atoms with Crippen LogP contribution in [-0.4, -0.2) is 18.4 Å². The van der Waals surface area contributed by atoms with Crippen molar-refractivity contribution in [1.29, 1.82) is 0 Å². The average Bonchev–Trinajstić information content (AvgIpc) is 2.58. The van der Waals surface area contributed by atoms with Gasteiger partial charge >= 0.3 is 5.97 Å². The molecule has 4 nitrogen and oxygen atoms in total. The summed E-state index contributed by atoms with van der Waals surface area (Å²) in [7, 11) is 0. The quantitative estimate of drug-likeness (QED) is 0.485. The molecule has 0 saturated heterocycles. The van der Waals surface area contributed by atoms with E-state index in [1.54, 1.807) is 12.1 Å². The second kappa shape index (κ2) is 8.25. The molecule has 0 spiro atoms. The van der Waals surface area contributed by atoms with Gasteiger partial charge in [0.05, 0.1) is 6.61 Å². The van der Waals surface area contributed by atoms with Gasteiger partial charge in [0.15, 0.2) is 5.78 Å². The summed E-state index contributed by atoms with van der Waals surface area (Å²) in [4.78, 5) is 23.1. The van der Waals surface area contributed by atoms with Gasteiger partial charge in [-0.05, 0) is 24.0 Å². The molecule has 23 heavy (non-hydrogen) atoms. The van der Waals surface area contributed by atoms with Gasteiger partial charge in [0.2, 0.25) is 0 Å². The van der Waals surface area contributed by atoms with Gasteiger partial charge in [0.1, 0.15) is 0 Å². The van der Waals surface area contributed by atoms with Crippen LogP contribution in [0.2, 0.25) is 0 Å². The Hall–Kier alpha value is -2.46. The molecule has 0 aliphatic heterocycles. The van der Waals surface area contributed by atoms with Crippen molar-refractivity contribution in [2.45, 2.75) is 26.3 Å². The summed E-state index contributed by atoms with van der Waals surface area (Å²) in [6, 6.07) is 14.9. The highest BCUT2D eigenvalue weighted by molar-refractivity contribution is 6.08. The molecule has 2 aromatic rings. The van der Waals surface area contributed by atoms with E-state index < -0.39 is 0 Å². The third kappa shape index (κ3) is 5.04. The number of hydrogen-bond donors (Lipinski definition) is 1. The fourth-order valence-electron chi connectivity index (χ4n) is 2.27. The molecule has 0 fully saturated rings. The van der Waals surface area contributed by atoms with E-state index in [1.807, 2.05) is 36.4 Å². The van der Waals surface area contributed by atoms with E-state index in [2.05, 4.69) is 0 Å². The van der Waals surface area contributed by atoms with E-state index in [4.69, 9.17) is 10.5 Å². The van der Waals surface area contributed by atoms with Crippen LogP contribution >= 0.6 is 0 Å². The minimum Gasteiger partial charge on any atom is -0.466 e. The van der Waals surface area contributed by atoms with E-state index in [-0.39, 0.29) is 11.8 Å². The van der Waals surface area contributed by atoms with E-state index in [9.17, 15) is 9.59 Å². The molecule has 0 unspecified atom stereocenters. The van der Waals surface area contributed by atoms with E-state index >= 15 is 0 Å². The number of rotatable bonds is 7. The average molecular weight is 311 g/mol. The van der Waals surface area contributed by atoms with Gasteiger partial charge in [-0.3, -0.25) is 9.59 Å². The zero-order valence-electron chi connectivity index (χ0n) is 13.2. The van der Waals surface area contributed by atoms with Crippen LogP contribution in [0.25, 0.3) is 0 Å². The number of ether oxygens (including phenoxy) is 1. The molecule has 0 aliphatic rings. The first-order valence-electron chi connectivity index (χ1n) is 7.66. The molecule has 0 atom stereocenters. The Kier molecular flexibility index (Phi) is 6.06. The molecular formula is C19H21NO3. The highest BCUT2D eigenvalue weighted by Crippen LogP contribution is 2.13. The van der Waals surface area contributed by atoms with Crippen molar-refractivity contribution in [1.82, 2.24) is 0 Å². The molecule has 2 rings (SSSR count). The molecule has 0 heterocycles.